The molecule has 1 amide bonds. The van der Waals surface area contributed by atoms with Gasteiger partial charge in [-0.3, -0.25) is 9.36 Å². The molecule has 2 aromatic carbocycles. The van der Waals surface area contributed by atoms with Crippen LogP contribution in [0.1, 0.15) is 18.9 Å². The van der Waals surface area contributed by atoms with Crippen molar-refractivity contribution >= 4 is 33.4 Å². The van der Waals surface area contributed by atoms with E-state index in [0.29, 0.717) is 22.2 Å². The molecule has 0 spiro atoms. The van der Waals surface area contributed by atoms with Crippen LogP contribution < -0.4 is 5.32 Å². The Morgan fingerprint density at radius 1 is 1.16 bits per heavy atom. The summed E-state index contributed by atoms with van der Waals surface area (Å²) in [6, 6.07) is 12.6. The van der Waals surface area contributed by atoms with Gasteiger partial charge in [0.1, 0.15) is 5.82 Å². The predicted octanol–water partition coefficient (Wildman–Crippen LogP) is 3.40. The number of sulfonamides is 1. The molecule has 0 bridgehead atoms. The maximum Gasteiger partial charge on any atom is 0.242 e. The van der Waals surface area contributed by atoms with E-state index in [4.69, 9.17) is 0 Å². The second kappa shape index (κ2) is 9.00. The molecule has 3 aromatic rings. The van der Waals surface area contributed by atoms with Gasteiger partial charge in [-0.2, -0.15) is 0 Å². The molecule has 0 atom stereocenters. The Labute approximate surface area is 189 Å². The molecule has 1 fully saturated rings. The number of hydrogen-bond acceptors (Lipinski definition) is 6. The Morgan fingerprint density at radius 3 is 2.47 bits per heavy atom. The molecule has 168 valence electrons. The van der Waals surface area contributed by atoms with Crippen LogP contribution >= 0.6 is 11.8 Å². The molecule has 0 radical (unpaired) electrons. The van der Waals surface area contributed by atoms with E-state index in [1.54, 1.807) is 30.3 Å². The minimum absolute atomic E-state index is 0.0832. The molecule has 1 aromatic heterocycles. The Balaban J connectivity index is 1.43. The quantitative estimate of drug-likeness (QED) is 0.502. The van der Waals surface area contributed by atoms with E-state index in [1.165, 1.54) is 44.1 Å². The lowest BCUT2D eigenvalue weighted by Crippen LogP contribution is -2.22. The Bertz CT molecular complexity index is 1240. The van der Waals surface area contributed by atoms with Crippen LogP contribution in [0.2, 0.25) is 0 Å². The van der Waals surface area contributed by atoms with Gasteiger partial charge < -0.3 is 5.32 Å². The maximum atomic E-state index is 14.3. The van der Waals surface area contributed by atoms with Crippen molar-refractivity contribution in [3.8, 4) is 11.4 Å². The van der Waals surface area contributed by atoms with Crippen molar-refractivity contribution in [2.75, 3.05) is 25.2 Å². The molecule has 4 rings (SSSR count). The number of thioether (sulfide) groups is 1. The topological polar surface area (TPSA) is 97.2 Å². The van der Waals surface area contributed by atoms with Crippen molar-refractivity contribution in [2.24, 2.45) is 0 Å². The fraction of sp³-hybridized carbons (Fsp3) is 0.286. The highest BCUT2D eigenvalue weighted by atomic mass is 32.2. The van der Waals surface area contributed by atoms with Crippen LogP contribution in [0.15, 0.2) is 58.6 Å². The number of carbonyl (C=O) groups excluding carboxylic acids is 1. The van der Waals surface area contributed by atoms with Crippen LogP contribution in [0.3, 0.4) is 0 Å². The van der Waals surface area contributed by atoms with E-state index in [9.17, 15) is 17.6 Å². The SMILES string of the molecule is CN(C)S(=O)(=O)c1ccc(NC(=O)CSc2nnc(-c3ccccc3F)n2C2CC2)cc1. The summed E-state index contributed by atoms with van der Waals surface area (Å²) < 4.78 is 41.6. The third-order valence-corrected chi connectivity index (χ3v) is 7.71. The number of hydrogen-bond donors (Lipinski definition) is 1. The van der Waals surface area contributed by atoms with E-state index in [1.807, 2.05) is 4.57 Å². The molecule has 8 nitrogen and oxygen atoms in total. The largest absolute Gasteiger partial charge is 0.325 e. The van der Waals surface area contributed by atoms with Crippen molar-refractivity contribution in [1.82, 2.24) is 19.1 Å². The number of aromatic nitrogens is 3. The summed E-state index contributed by atoms with van der Waals surface area (Å²) in [5, 5.41) is 11.7. The normalized spacial score (nSPS) is 14.0. The second-order valence-electron chi connectivity index (χ2n) is 7.54. The molecule has 1 aliphatic carbocycles. The summed E-state index contributed by atoms with van der Waals surface area (Å²) in [4.78, 5) is 12.6. The monoisotopic (exact) mass is 475 g/mol. The zero-order chi connectivity index (χ0) is 22.9. The number of halogens is 1. The van der Waals surface area contributed by atoms with Crippen molar-refractivity contribution in [2.45, 2.75) is 28.9 Å². The average Bonchev–Trinajstić information content (AvgIpc) is 3.52. The van der Waals surface area contributed by atoms with Crippen LogP contribution in [-0.2, 0) is 14.8 Å². The fourth-order valence-electron chi connectivity index (χ4n) is 3.11. The summed E-state index contributed by atoms with van der Waals surface area (Å²) in [7, 11) is -0.610. The number of amides is 1. The highest BCUT2D eigenvalue weighted by Gasteiger charge is 2.31. The Morgan fingerprint density at radius 2 is 1.84 bits per heavy atom. The molecule has 0 aliphatic heterocycles. The lowest BCUT2D eigenvalue weighted by atomic mass is 10.2. The minimum atomic E-state index is -3.53. The van der Waals surface area contributed by atoms with Crippen molar-refractivity contribution in [3.05, 3.63) is 54.3 Å². The first-order valence-electron chi connectivity index (χ1n) is 9.92. The smallest absolute Gasteiger partial charge is 0.242 e. The summed E-state index contributed by atoms with van der Waals surface area (Å²) in [5.41, 5.74) is 0.875. The Kier molecular flexibility index (Phi) is 6.31. The summed E-state index contributed by atoms with van der Waals surface area (Å²) in [5.74, 6) is -0.0853. The number of nitrogens with zero attached hydrogens (tertiary/aromatic N) is 4. The number of nitrogens with one attached hydrogen (secondary N) is 1. The average molecular weight is 476 g/mol. The molecule has 1 saturated carbocycles. The highest BCUT2D eigenvalue weighted by molar-refractivity contribution is 7.99. The van der Waals surface area contributed by atoms with Crippen molar-refractivity contribution in [1.29, 1.82) is 0 Å². The zero-order valence-electron chi connectivity index (χ0n) is 17.5. The number of carbonyl (C=O) groups is 1. The van der Waals surface area contributed by atoms with Crippen molar-refractivity contribution in [3.63, 3.8) is 0 Å². The first-order chi connectivity index (χ1) is 15.3. The molecule has 1 aliphatic rings. The zero-order valence-corrected chi connectivity index (χ0v) is 19.2. The predicted molar refractivity (Wildman–Crippen MR) is 120 cm³/mol. The maximum absolute atomic E-state index is 14.3. The van der Waals surface area contributed by atoms with Gasteiger partial charge in [-0.1, -0.05) is 23.9 Å². The first kappa shape index (κ1) is 22.4. The van der Waals surface area contributed by atoms with E-state index < -0.39 is 10.0 Å². The van der Waals surface area contributed by atoms with Gasteiger partial charge in [0.05, 0.1) is 16.2 Å². The minimum Gasteiger partial charge on any atom is -0.325 e. The summed E-state index contributed by atoms with van der Waals surface area (Å²) in [6.45, 7) is 0. The molecule has 1 heterocycles. The van der Waals surface area contributed by atoms with Crippen LogP contribution in [-0.4, -0.2) is 53.2 Å². The molecule has 0 saturated heterocycles. The van der Waals surface area contributed by atoms with E-state index in [2.05, 4.69) is 15.5 Å². The highest BCUT2D eigenvalue weighted by Crippen LogP contribution is 2.41. The first-order valence-corrected chi connectivity index (χ1v) is 12.3. The number of rotatable bonds is 8. The van der Waals surface area contributed by atoms with Gasteiger partial charge in [0.25, 0.3) is 0 Å². The third kappa shape index (κ3) is 4.69. The molecule has 0 unspecified atom stereocenters. The van der Waals surface area contributed by atoms with Crippen LogP contribution in [0.5, 0.6) is 0 Å². The van der Waals surface area contributed by atoms with Crippen LogP contribution in [0, 0.1) is 5.82 Å². The van der Waals surface area contributed by atoms with Gasteiger partial charge in [0.15, 0.2) is 11.0 Å². The standard InChI is InChI=1S/C21H22FN5O3S2/c1-26(2)32(29,30)16-11-7-14(8-12-16)23-19(28)13-31-21-25-24-20(27(21)15-9-10-15)17-5-3-4-6-18(17)22/h3-8,11-12,15H,9-10,13H2,1-2H3,(H,23,28). The molecule has 11 heteroatoms. The Hall–Kier alpha value is -2.76. The summed E-state index contributed by atoms with van der Waals surface area (Å²) >= 11 is 1.23. The van der Waals surface area contributed by atoms with Gasteiger partial charge in [0, 0.05) is 25.8 Å². The fourth-order valence-corrected chi connectivity index (χ4v) is 4.82. The van der Waals surface area contributed by atoms with E-state index in [-0.39, 0.29) is 28.4 Å². The summed E-state index contributed by atoms with van der Waals surface area (Å²) in [6.07, 6.45) is 1.92. The van der Waals surface area contributed by atoms with E-state index in [0.717, 1.165) is 17.1 Å². The van der Waals surface area contributed by atoms with Crippen LogP contribution in [0.25, 0.3) is 11.4 Å². The van der Waals surface area contributed by atoms with Crippen molar-refractivity contribution < 1.29 is 17.6 Å². The molecule has 32 heavy (non-hydrogen) atoms. The lowest BCUT2D eigenvalue weighted by molar-refractivity contribution is -0.113. The van der Waals surface area contributed by atoms with Gasteiger partial charge >= 0.3 is 0 Å². The van der Waals surface area contributed by atoms with Gasteiger partial charge in [-0.15, -0.1) is 10.2 Å². The van der Waals surface area contributed by atoms with Gasteiger partial charge in [-0.25, -0.2) is 17.1 Å². The number of anilines is 1. The molecule has 1 N–H and O–H groups in total. The number of benzene rings is 2. The lowest BCUT2D eigenvalue weighted by Gasteiger charge is -2.12. The third-order valence-electron chi connectivity index (χ3n) is 4.94. The van der Waals surface area contributed by atoms with Gasteiger partial charge in [0.2, 0.25) is 15.9 Å². The molecular weight excluding hydrogens is 453 g/mol. The van der Waals surface area contributed by atoms with Gasteiger partial charge in [-0.05, 0) is 49.2 Å². The van der Waals surface area contributed by atoms with Crippen LogP contribution in [0.4, 0.5) is 10.1 Å². The molecular formula is C21H22FN5O3S2. The van der Waals surface area contributed by atoms with E-state index >= 15 is 0 Å². The second-order valence-corrected chi connectivity index (χ2v) is 10.6.